The molecule has 1 heterocycles. The number of anilines is 1. The topological polar surface area (TPSA) is 88.8 Å². The highest BCUT2D eigenvalue weighted by atomic mass is 32.2. The van der Waals surface area contributed by atoms with Crippen LogP contribution in [-0.4, -0.2) is 24.4 Å². The number of H-pyrrole nitrogens is 1. The van der Waals surface area contributed by atoms with E-state index in [1.165, 1.54) is 6.20 Å². The van der Waals surface area contributed by atoms with Gasteiger partial charge in [0.25, 0.3) is 0 Å². The molecular weight excluding hydrogens is 226 g/mol. The molecule has 92 valence electrons. The summed E-state index contributed by atoms with van der Waals surface area (Å²) in [6.07, 6.45) is 1.26. The Morgan fingerprint density at radius 2 is 2.06 bits per heavy atom. The van der Waals surface area contributed by atoms with Crippen LogP contribution in [0.4, 0.5) is 5.82 Å². The summed E-state index contributed by atoms with van der Waals surface area (Å²) < 4.78 is 24.2. The van der Waals surface area contributed by atoms with Gasteiger partial charge >= 0.3 is 0 Å². The minimum atomic E-state index is -3.37. The Kier molecular flexibility index (Phi) is 3.33. The third-order valence-electron chi connectivity index (χ3n) is 3.09. The van der Waals surface area contributed by atoms with Gasteiger partial charge in [0.2, 0.25) is 0 Å². The number of nitrogens with one attached hydrogen (secondary N) is 1. The first-order valence-electron chi connectivity index (χ1n) is 5.18. The van der Waals surface area contributed by atoms with E-state index in [0.29, 0.717) is 0 Å². The molecule has 0 radical (unpaired) electrons. The standard InChI is InChI=1S/C10H19N3O2S/c1-7(2)10(3,4)6-16(14,15)8-5-12-13-9(8)11/h5,7H,6H2,1-4H3,(H3,11,12,13). The average Bonchev–Trinajstić information content (AvgIpc) is 2.49. The third-order valence-corrected chi connectivity index (χ3v) is 5.21. The third kappa shape index (κ3) is 2.55. The summed E-state index contributed by atoms with van der Waals surface area (Å²) in [5, 5.41) is 6.07. The number of nitrogens with two attached hydrogens (primary N) is 1. The largest absolute Gasteiger partial charge is 0.383 e. The summed E-state index contributed by atoms with van der Waals surface area (Å²) in [6.45, 7) is 7.89. The zero-order valence-electron chi connectivity index (χ0n) is 10.1. The van der Waals surface area contributed by atoms with Gasteiger partial charge in [-0.15, -0.1) is 0 Å². The first-order valence-corrected chi connectivity index (χ1v) is 6.83. The van der Waals surface area contributed by atoms with Crippen LogP contribution in [0.3, 0.4) is 0 Å². The second-order valence-corrected chi connectivity index (χ2v) is 7.01. The highest BCUT2D eigenvalue weighted by molar-refractivity contribution is 7.91. The lowest BCUT2D eigenvalue weighted by molar-refractivity contribution is 0.286. The van der Waals surface area contributed by atoms with Crippen LogP contribution in [0.2, 0.25) is 0 Å². The van der Waals surface area contributed by atoms with Crippen LogP contribution in [0.1, 0.15) is 27.7 Å². The summed E-state index contributed by atoms with van der Waals surface area (Å²) >= 11 is 0. The molecule has 0 spiro atoms. The fourth-order valence-electron chi connectivity index (χ4n) is 1.27. The smallest absolute Gasteiger partial charge is 0.184 e. The monoisotopic (exact) mass is 245 g/mol. The maximum absolute atomic E-state index is 12.1. The highest BCUT2D eigenvalue weighted by Gasteiger charge is 2.31. The number of nitrogens with zero attached hydrogens (tertiary/aromatic N) is 1. The van der Waals surface area contributed by atoms with Crippen molar-refractivity contribution in [3.05, 3.63) is 6.20 Å². The molecule has 0 saturated heterocycles. The fraction of sp³-hybridized carbons (Fsp3) is 0.700. The second-order valence-electron chi connectivity index (χ2n) is 5.05. The maximum Gasteiger partial charge on any atom is 0.184 e. The van der Waals surface area contributed by atoms with Crippen LogP contribution in [0.5, 0.6) is 0 Å². The molecule has 0 fully saturated rings. The molecule has 0 saturated carbocycles. The van der Waals surface area contributed by atoms with Crippen molar-refractivity contribution in [2.24, 2.45) is 11.3 Å². The number of hydrogen-bond acceptors (Lipinski definition) is 4. The van der Waals surface area contributed by atoms with Crippen molar-refractivity contribution in [1.29, 1.82) is 0 Å². The predicted molar refractivity (Wildman–Crippen MR) is 63.7 cm³/mol. The van der Waals surface area contributed by atoms with Crippen molar-refractivity contribution in [1.82, 2.24) is 10.2 Å². The lowest BCUT2D eigenvalue weighted by Gasteiger charge is -2.28. The molecule has 0 aromatic carbocycles. The summed E-state index contributed by atoms with van der Waals surface area (Å²) in [5.41, 5.74) is 5.24. The van der Waals surface area contributed by atoms with Gasteiger partial charge < -0.3 is 5.73 Å². The lowest BCUT2D eigenvalue weighted by atomic mass is 9.83. The van der Waals surface area contributed by atoms with Gasteiger partial charge in [-0.05, 0) is 11.3 Å². The number of rotatable bonds is 4. The Hall–Kier alpha value is -1.04. The van der Waals surface area contributed by atoms with Gasteiger partial charge in [0.15, 0.2) is 9.84 Å². The van der Waals surface area contributed by atoms with Gasteiger partial charge in [0, 0.05) is 0 Å². The zero-order valence-corrected chi connectivity index (χ0v) is 10.9. The zero-order chi connectivity index (χ0) is 12.6. The molecule has 5 nitrogen and oxygen atoms in total. The average molecular weight is 245 g/mol. The molecule has 1 aromatic rings. The van der Waals surface area contributed by atoms with E-state index in [0.717, 1.165) is 0 Å². The van der Waals surface area contributed by atoms with Gasteiger partial charge in [-0.3, -0.25) is 5.10 Å². The Morgan fingerprint density at radius 3 is 2.44 bits per heavy atom. The molecule has 0 bridgehead atoms. The van der Waals surface area contributed by atoms with Crippen LogP contribution in [0.15, 0.2) is 11.1 Å². The molecule has 1 rings (SSSR count). The first kappa shape index (κ1) is 13.0. The molecule has 0 amide bonds. The van der Waals surface area contributed by atoms with Gasteiger partial charge in [0.1, 0.15) is 10.7 Å². The van der Waals surface area contributed by atoms with Crippen molar-refractivity contribution in [2.45, 2.75) is 32.6 Å². The van der Waals surface area contributed by atoms with E-state index >= 15 is 0 Å². The van der Waals surface area contributed by atoms with Gasteiger partial charge in [-0.1, -0.05) is 27.7 Å². The number of hydrogen-bond donors (Lipinski definition) is 2. The Balaban J connectivity index is 3.03. The van der Waals surface area contributed by atoms with E-state index in [9.17, 15) is 8.42 Å². The molecule has 16 heavy (non-hydrogen) atoms. The second kappa shape index (κ2) is 4.08. The van der Waals surface area contributed by atoms with Crippen molar-refractivity contribution in [2.75, 3.05) is 11.5 Å². The van der Waals surface area contributed by atoms with Crippen molar-refractivity contribution < 1.29 is 8.42 Å². The molecule has 0 aliphatic carbocycles. The molecule has 0 aliphatic rings. The molecule has 6 heteroatoms. The first-order chi connectivity index (χ1) is 7.17. The van der Waals surface area contributed by atoms with Gasteiger partial charge in [-0.2, -0.15) is 5.10 Å². The number of sulfone groups is 1. The van der Waals surface area contributed by atoms with E-state index < -0.39 is 9.84 Å². The lowest BCUT2D eigenvalue weighted by Crippen LogP contribution is -2.29. The molecular formula is C10H19N3O2S. The minimum Gasteiger partial charge on any atom is -0.383 e. The van der Waals surface area contributed by atoms with Crippen molar-refractivity contribution in [3.63, 3.8) is 0 Å². The normalized spacial score (nSPS) is 13.3. The van der Waals surface area contributed by atoms with Crippen LogP contribution >= 0.6 is 0 Å². The molecule has 0 unspecified atom stereocenters. The SMILES string of the molecule is CC(C)C(C)(C)CS(=O)(=O)c1cn[nH]c1N. The van der Waals surface area contributed by atoms with Gasteiger partial charge in [-0.25, -0.2) is 8.42 Å². The van der Waals surface area contributed by atoms with Crippen molar-refractivity contribution in [3.8, 4) is 0 Å². The number of aromatic nitrogens is 2. The molecule has 3 N–H and O–H groups in total. The summed E-state index contributed by atoms with van der Waals surface area (Å²) in [5.74, 6) is 0.455. The number of aromatic amines is 1. The predicted octanol–water partition coefficient (Wildman–Crippen LogP) is 1.45. The summed E-state index contributed by atoms with van der Waals surface area (Å²) in [4.78, 5) is 0.0984. The Labute approximate surface area is 96.3 Å². The quantitative estimate of drug-likeness (QED) is 0.840. The Morgan fingerprint density at radius 1 is 1.50 bits per heavy atom. The van der Waals surface area contributed by atoms with E-state index in [2.05, 4.69) is 10.2 Å². The fourth-order valence-corrected chi connectivity index (χ4v) is 3.33. The summed E-state index contributed by atoms with van der Waals surface area (Å²) in [7, 11) is -3.37. The molecule has 0 aliphatic heterocycles. The van der Waals surface area contributed by atoms with Crippen molar-refractivity contribution >= 4 is 15.7 Å². The van der Waals surface area contributed by atoms with Gasteiger partial charge in [0.05, 0.1) is 11.9 Å². The van der Waals surface area contributed by atoms with E-state index in [-0.39, 0.29) is 27.8 Å². The van der Waals surface area contributed by atoms with E-state index in [1.807, 2.05) is 27.7 Å². The van der Waals surface area contributed by atoms with Crippen LogP contribution in [-0.2, 0) is 9.84 Å². The van der Waals surface area contributed by atoms with E-state index in [1.54, 1.807) is 0 Å². The van der Waals surface area contributed by atoms with Crippen LogP contribution in [0, 0.1) is 11.3 Å². The van der Waals surface area contributed by atoms with Crippen LogP contribution in [0.25, 0.3) is 0 Å². The summed E-state index contributed by atoms with van der Waals surface area (Å²) in [6, 6.07) is 0. The minimum absolute atomic E-state index is 0.0708. The number of nitrogen functional groups attached to an aromatic ring is 1. The maximum atomic E-state index is 12.1. The molecule has 1 aromatic heterocycles. The van der Waals surface area contributed by atoms with Crippen LogP contribution < -0.4 is 5.73 Å². The Bertz CT molecular complexity index is 460. The molecule has 0 atom stereocenters. The van der Waals surface area contributed by atoms with E-state index in [4.69, 9.17) is 5.73 Å². The highest BCUT2D eigenvalue weighted by Crippen LogP contribution is 2.31.